The van der Waals surface area contributed by atoms with E-state index < -0.39 is 0 Å². The summed E-state index contributed by atoms with van der Waals surface area (Å²) in [6.07, 6.45) is 0. The molecule has 0 heterocycles. The fourth-order valence-corrected chi connectivity index (χ4v) is 11.1. The molecule has 0 spiro atoms. The predicted octanol–water partition coefficient (Wildman–Crippen LogP) is 18.3. The highest BCUT2D eigenvalue weighted by Crippen LogP contribution is 2.53. The first-order chi connectivity index (χ1) is 29.5. The van der Waals surface area contributed by atoms with Crippen molar-refractivity contribution in [3.8, 4) is 33.4 Å². The molecular weight excluding hydrogens is 757 g/mol. The van der Waals surface area contributed by atoms with E-state index in [4.69, 9.17) is 0 Å². The van der Waals surface area contributed by atoms with Crippen LogP contribution in [0.1, 0.15) is 130 Å². The molecular formula is C63H62. The fourth-order valence-electron chi connectivity index (χ4n) is 11.1. The molecule has 314 valence electrons. The average Bonchev–Trinajstić information content (AvgIpc) is 3.44. The van der Waals surface area contributed by atoms with E-state index in [1.54, 1.807) is 0 Å². The smallest absolute Gasteiger partial charge is 0.0159 e. The summed E-state index contributed by atoms with van der Waals surface area (Å²) in [6, 6.07) is 48.8. The van der Waals surface area contributed by atoms with Gasteiger partial charge in [-0.15, -0.1) is 0 Å². The summed E-state index contributed by atoms with van der Waals surface area (Å²) in [6.45, 7) is 32.9. The summed E-state index contributed by atoms with van der Waals surface area (Å²) >= 11 is 0. The first-order valence-electron chi connectivity index (χ1n) is 23.3. The third-order valence-electron chi connectivity index (χ3n) is 15.1. The molecule has 0 aliphatic heterocycles. The van der Waals surface area contributed by atoms with E-state index in [1.165, 1.54) is 131 Å². The fraction of sp³-hybridized carbons (Fsp3) is 0.302. The standard InChI is InChI=1S/C63H62/c1-59(2,3)43-23-37-15-17-39-25-45(61(7,8)9)33-51-49(29-41(27-43)55(37)57(39)51)35-19-21-47-48-22-20-36(32-54(48)63(13,14)53(47)31-35)50-30-42-28-44(60(4,5)6)24-38-16-18-40-26-46(62(10,11)12)34-52(50)58(40)56(38)42/h15-34H,1-14H3. The van der Waals surface area contributed by atoms with Gasteiger partial charge >= 0.3 is 0 Å². The summed E-state index contributed by atoms with van der Waals surface area (Å²) in [4.78, 5) is 0. The highest BCUT2D eigenvalue weighted by molar-refractivity contribution is 6.28. The molecule has 0 saturated heterocycles. The predicted molar refractivity (Wildman–Crippen MR) is 277 cm³/mol. The van der Waals surface area contributed by atoms with Gasteiger partial charge in [-0.3, -0.25) is 0 Å². The van der Waals surface area contributed by atoms with Crippen molar-refractivity contribution in [2.24, 2.45) is 0 Å². The average molecular weight is 819 g/mol. The third-order valence-corrected chi connectivity index (χ3v) is 15.1. The van der Waals surface area contributed by atoms with Gasteiger partial charge in [-0.2, -0.15) is 0 Å². The molecule has 0 radical (unpaired) electrons. The minimum absolute atomic E-state index is 0.0253. The molecule has 1 aliphatic rings. The van der Waals surface area contributed by atoms with Gasteiger partial charge in [0.1, 0.15) is 0 Å². The SMILES string of the molecule is CC(C)(C)c1cc2ccc3cc(C(C)(C)C)cc4c(-c5ccc6c(c5)C(C)(C)c5cc(-c7cc8cc(C(C)(C)C)cc9ccc%10cc(C(C)(C)C)cc7c%10c98)ccc5-6)cc(c1)c2c34. The maximum Gasteiger partial charge on any atom is 0.0159 e. The van der Waals surface area contributed by atoms with Crippen LogP contribution in [0.3, 0.4) is 0 Å². The van der Waals surface area contributed by atoms with Gasteiger partial charge in [-0.1, -0.05) is 182 Å². The molecule has 63 heavy (non-hydrogen) atoms. The molecule has 0 heteroatoms. The number of fused-ring (bicyclic) bond motifs is 3. The minimum atomic E-state index is -0.194. The van der Waals surface area contributed by atoms with Crippen LogP contribution in [0, 0.1) is 0 Å². The molecule has 10 aromatic carbocycles. The van der Waals surface area contributed by atoms with Gasteiger partial charge in [0.05, 0.1) is 0 Å². The maximum absolute atomic E-state index is 2.54. The van der Waals surface area contributed by atoms with Gasteiger partial charge in [0.25, 0.3) is 0 Å². The molecule has 0 bridgehead atoms. The monoisotopic (exact) mass is 818 g/mol. The number of hydrogen-bond acceptors (Lipinski definition) is 0. The molecule has 0 saturated carbocycles. The van der Waals surface area contributed by atoms with E-state index in [9.17, 15) is 0 Å². The van der Waals surface area contributed by atoms with Crippen molar-refractivity contribution in [1.82, 2.24) is 0 Å². The molecule has 11 rings (SSSR count). The second-order valence-electron chi connectivity index (χ2n) is 24.0. The van der Waals surface area contributed by atoms with Crippen LogP contribution in [0.15, 0.2) is 121 Å². The zero-order valence-electron chi connectivity index (χ0n) is 40.0. The van der Waals surface area contributed by atoms with E-state index >= 15 is 0 Å². The van der Waals surface area contributed by atoms with Crippen LogP contribution < -0.4 is 0 Å². The molecule has 0 fully saturated rings. The Morgan fingerprint density at radius 2 is 0.587 bits per heavy atom. The molecule has 10 aromatic rings. The van der Waals surface area contributed by atoms with Crippen LogP contribution >= 0.6 is 0 Å². The molecule has 1 aliphatic carbocycles. The van der Waals surface area contributed by atoms with Crippen molar-refractivity contribution in [3.63, 3.8) is 0 Å². The van der Waals surface area contributed by atoms with Crippen molar-refractivity contribution in [3.05, 3.63) is 155 Å². The lowest BCUT2D eigenvalue weighted by atomic mass is 9.78. The van der Waals surface area contributed by atoms with Crippen LogP contribution in [0.25, 0.3) is 98.0 Å². The topological polar surface area (TPSA) is 0 Å². The zero-order chi connectivity index (χ0) is 44.5. The summed E-state index contributed by atoms with van der Waals surface area (Å²) in [5, 5.41) is 16.2. The van der Waals surface area contributed by atoms with Crippen molar-refractivity contribution in [2.75, 3.05) is 0 Å². The van der Waals surface area contributed by atoms with Gasteiger partial charge < -0.3 is 0 Å². The van der Waals surface area contributed by atoms with E-state index in [0.29, 0.717) is 0 Å². The highest BCUT2D eigenvalue weighted by atomic mass is 14.4. The lowest BCUT2D eigenvalue weighted by Gasteiger charge is -2.26. The Morgan fingerprint density at radius 1 is 0.286 bits per heavy atom. The molecule has 0 N–H and O–H groups in total. The van der Waals surface area contributed by atoms with E-state index in [-0.39, 0.29) is 27.1 Å². The summed E-state index contributed by atoms with van der Waals surface area (Å²) in [5.74, 6) is 0. The normalized spacial score (nSPS) is 14.6. The van der Waals surface area contributed by atoms with Crippen molar-refractivity contribution in [2.45, 2.75) is 124 Å². The summed E-state index contributed by atoms with van der Waals surface area (Å²) < 4.78 is 0. The van der Waals surface area contributed by atoms with Gasteiger partial charge in [-0.05, 0) is 189 Å². The number of rotatable bonds is 2. The Bertz CT molecular complexity index is 3300. The van der Waals surface area contributed by atoms with Crippen LogP contribution in [0.2, 0.25) is 0 Å². The Morgan fingerprint density at radius 3 is 0.921 bits per heavy atom. The van der Waals surface area contributed by atoms with Crippen LogP contribution in [0.4, 0.5) is 0 Å². The lowest BCUT2D eigenvalue weighted by Crippen LogP contribution is -2.15. The zero-order valence-corrected chi connectivity index (χ0v) is 40.0. The Hall–Kier alpha value is -5.72. The molecule has 0 atom stereocenters. The minimum Gasteiger partial charge on any atom is -0.0561 e. The highest BCUT2D eigenvalue weighted by Gasteiger charge is 2.36. The van der Waals surface area contributed by atoms with Gasteiger partial charge in [-0.25, -0.2) is 0 Å². The second-order valence-corrected chi connectivity index (χ2v) is 24.0. The quantitative estimate of drug-likeness (QED) is 0.152. The van der Waals surface area contributed by atoms with Crippen LogP contribution in [-0.2, 0) is 27.1 Å². The van der Waals surface area contributed by atoms with Crippen LogP contribution in [0.5, 0.6) is 0 Å². The van der Waals surface area contributed by atoms with Crippen molar-refractivity contribution in [1.29, 1.82) is 0 Å². The Balaban J connectivity index is 1.12. The summed E-state index contributed by atoms with van der Waals surface area (Å²) in [5.41, 5.74) is 16.2. The second kappa shape index (κ2) is 12.7. The van der Waals surface area contributed by atoms with Crippen molar-refractivity contribution >= 4 is 64.6 Å². The first kappa shape index (κ1) is 40.1. The number of benzene rings is 10. The van der Waals surface area contributed by atoms with E-state index in [0.717, 1.165) is 0 Å². The third kappa shape index (κ3) is 6.00. The largest absolute Gasteiger partial charge is 0.0561 e. The molecule has 0 amide bonds. The molecule has 0 nitrogen and oxygen atoms in total. The van der Waals surface area contributed by atoms with Crippen LogP contribution in [-0.4, -0.2) is 0 Å². The summed E-state index contributed by atoms with van der Waals surface area (Å²) in [7, 11) is 0. The molecule has 0 unspecified atom stereocenters. The number of hydrogen-bond donors (Lipinski definition) is 0. The van der Waals surface area contributed by atoms with E-state index in [1.807, 2.05) is 0 Å². The Labute approximate surface area is 375 Å². The first-order valence-corrected chi connectivity index (χ1v) is 23.3. The van der Waals surface area contributed by atoms with Gasteiger partial charge in [0, 0.05) is 5.41 Å². The van der Waals surface area contributed by atoms with Gasteiger partial charge in [0.15, 0.2) is 0 Å². The Kier molecular flexibility index (Phi) is 8.09. The molecule has 0 aromatic heterocycles. The lowest BCUT2D eigenvalue weighted by molar-refractivity contribution is 0.591. The van der Waals surface area contributed by atoms with E-state index in [2.05, 4.69) is 218 Å². The van der Waals surface area contributed by atoms with Gasteiger partial charge in [0.2, 0.25) is 0 Å². The van der Waals surface area contributed by atoms with Crippen molar-refractivity contribution < 1.29 is 0 Å². The maximum atomic E-state index is 2.54.